The Bertz CT molecular complexity index is 741. The first-order chi connectivity index (χ1) is 13.2. The van der Waals surface area contributed by atoms with Crippen LogP contribution in [0.25, 0.3) is 0 Å². The fourth-order valence-corrected chi connectivity index (χ4v) is 3.08. The number of amides is 1. The van der Waals surface area contributed by atoms with Gasteiger partial charge in [-0.05, 0) is 49.1 Å². The molecule has 0 bridgehead atoms. The fourth-order valence-electron chi connectivity index (χ4n) is 3.08. The summed E-state index contributed by atoms with van der Waals surface area (Å²) in [6, 6.07) is 9.34. The van der Waals surface area contributed by atoms with E-state index in [0.717, 1.165) is 43.1 Å². The van der Waals surface area contributed by atoms with Crippen molar-refractivity contribution in [1.29, 1.82) is 0 Å². The molecule has 2 heterocycles. The van der Waals surface area contributed by atoms with Crippen LogP contribution in [0.15, 0.2) is 42.7 Å². The number of aromatic nitrogens is 1. The minimum atomic E-state index is 0.0625. The van der Waals surface area contributed by atoms with Crippen molar-refractivity contribution in [3.05, 3.63) is 48.3 Å². The molecule has 1 N–H and O–H groups in total. The Balaban J connectivity index is 1.47. The normalized spacial score (nSPS) is 14.7. The number of carbonyl (C=O) groups excluding carboxylic acids is 1. The highest BCUT2D eigenvalue weighted by Crippen LogP contribution is 2.19. The summed E-state index contributed by atoms with van der Waals surface area (Å²) < 4.78 is 10.8. The number of methoxy groups -OCH3 is 1. The van der Waals surface area contributed by atoms with Gasteiger partial charge in [-0.15, -0.1) is 0 Å². The lowest BCUT2D eigenvalue weighted by Gasteiger charge is -2.30. The molecule has 2 aromatic rings. The third-order valence-corrected chi connectivity index (χ3v) is 4.82. The Hall–Kier alpha value is -2.76. The zero-order valence-electron chi connectivity index (χ0n) is 16.0. The van der Waals surface area contributed by atoms with E-state index in [1.807, 2.05) is 35.2 Å². The Morgan fingerprint density at radius 2 is 1.89 bits per heavy atom. The molecule has 27 heavy (non-hydrogen) atoms. The lowest BCUT2D eigenvalue weighted by molar-refractivity contribution is 0.0697. The van der Waals surface area contributed by atoms with Gasteiger partial charge in [0.15, 0.2) is 0 Å². The number of hydrogen-bond acceptors (Lipinski definition) is 5. The van der Waals surface area contributed by atoms with Crippen LogP contribution in [0.3, 0.4) is 0 Å². The number of nitrogens with zero attached hydrogens (tertiary/aromatic N) is 2. The van der Waals surface area contributed by atoms with Crippen molar-refractivity contribution in [2.75, 3.05) is 38.7 Å². The van der Waals surface area contributed by atoms with Gasteiger partial charge in [-0.2, -0.15) is 0 Å². The molecule has 0 spiro atoms. The molecule has 1 amide bonds. The third kappa shape index (κ3) is 5.36. The van der Waals surface area contributed by atoms with Crippen LogP contribution >= 0.6 is 0 Å². The lowest BCUT2D eigenvalue weighted by atomic mass is 9.99. The first-order valence-electron chi connectivity index (χ1n) is 9.41. The molecule has 0 unspecified atom stereocenters. The summed E-state index contributed by atoms with van der Waals surface area (Å²) in [5, 5.41) is 3.26. The van der Waals surface area contributed by atoms with E-state index in [-0.39, 0.29) is 5.91 Å². The van der Waals surface area contributed by atoms with Gasteiger partial charge in [0.25, 0.3) is 5.91 Å². The van der Waals surface area contributed by atoms with E-state index < -0.39 is 0 Å². The summed E-state index contributed by atoms with van der Waals surface area (Å²) in [5.74, 6) is 2.36. The van der Waals surface area contributed by atoms with Crippen molar-refractivity contribution >= 4 is 11.6 Å². The van der Waals surface area contributed by atoms with Crippen molar-refractivity contribution in [2.45, 2.75) is 19.8 Å². The number of anilines is 1. The minimum absolute atomic E-state index is 0.0625. The predicted octanol–water partition coefficient (Wildman–Crippen LogP) is 3.45. The number of pyridine rings is 1. The predicted molar refractivity (Wildman–Crippen MR) is 106 cm³/mol. The monoisotopic (exact) mass is 369 g/mol. The molecule has 1 saturated heterocycles. The average molecular weight is 369 g/mol. The Labute approximate surface area is 160 Å². The molecule has 0 atom stereocenters. The minimum Gasteiger partial charge on any atom is -0.497 e. The number of rotatable bonds is 7. The number of benzene rings is 1. The SMILES string of the molecule is COc1ccc(OCCNc2cncc(C(=O)N3CCC(C)CC3)c2)cc1. The highest BCUT2D eigenvalue weighted by molar-refractivity contribution is 5.94. The van der Waals surface area contributed by atoms with Gasteiger partial charge >= 0.3 is 0 Å². The average Bonchev–Trinajstić information content (AvgIpc) is 2.72. The summed E-state index contributed by atoms with van der Waals surface area (Å²) in [5.41, 5.74) is 1.45. The number of hydrogen-bond donors (Lipinski definition) is 1. The van der Waals surface area contributed by atoms with Crippen molar-refractivity contribution in [2.24, 2.45) is 5.92 Å². The first-order valence-corrected chi connectivity index (χ1v) is 9.41. The van der Waals surface area contributed by atoms with E-state index in [0.29, 0.717) is 24.6 Å². The molecule has 1 aromatic carbocycles. The molecule has 3 rings (SSSR count). The standard InChI is InChI=1S/C21H27N3O3/c1-16-7-10-24(11-8-16)21(25)17-13-18(15-22-14-17)23-9-12-27-20-5-3-19(26-2)4-6-20/h3-6,13-16,23H,7-12H2,1-2H3. The maximum atomic E-state index is 12.6. The van der Waals surface area contributed by atoms with Crippen molar-refractivity contribution in [3.8, 4) is 11.5 Å². The molecule has 6 nitrogen and oxygen atoms in total. The van der Waals surface area contributed by atoms with Crippen molar-refractivity contribution in [1.82, 2.24) is 9.88 Å². The second-order valence-corrected chi connectivity index (χ2v) is 6.89. The molecule has 1 aliphatic heterocycles. The molecule has 6 heteroatoms. The van der Waals surface area contributed by atoms with Crippen LogP contribution in [-0.2, 0) is 0 Å². The molecule has 1 aliphatic rings. The van der Waals surface area contributed by atoms with Gasteiger partial charge in [-0.1, -0.05) is 6.92 Å². The van der Waals surface area contributed by atoms with Gasteiger partial charge in [0, 0.05) is 32.0 Å². The highest BCUT2D eigenvalue weighted by Gasteiger charge is 2.21. The molecular formula is C21H27N3O3. The summed E-state index contributed by atoms with van der Waals surface area (Å²) in [6.45, 7) is 5.02. The van der Waals surface area contributed by atoms with Crippen LogP contribution in [0, 0.1) is 5.92 Å². The zero-order chi connectivity index (χ0) is 19.1. The molecule has 0 saturated carbocycles. The zero-order valence-corrected chi connectivity index (χ0v) is 16.0. The second-order valence-electron chi connectivity index (χ2n) is 6.89. The van der Waals surface area contributed by atoms with E-state index in [1.54, 1.807) is 19.5 Å². The van der Waals surface area contributed by atoms with Gasteiger partial charge in [0.1, 0.15) is 18.1 Å². The van der Waals surface area contributed by atoms with Gasteiger partial charge in [0.2, 0.25) is 0 Å². The Morgan fingerprint density at radius 1 is 1.19 bits per heavy atom. The molecule has 0 aliphatic carbocycles. The Kier molecular flexibility index (Phi) is 6.52. The number of ether oxygens (including phenoxy) is 2. The van der Waals surface area contributed by atoms with E-state index in [2.05, 4.69) is 17.2 Å². The smallest absolute Gasteiger partial charge is 0.255 e. The summed E-state index contributed by atoms with van der Waals surface area (Å²) >= 11 is 0. The molecule has 1 aromatic heterocycles. The number of piperidine rings is 1. The number of carbonyl (C=O) groups is 1. The first kappa shape index (κ1) is 19.0. The van der Waals surface area contributed by atoms with Crippen LogP contribution in [0.2, 0.25) is 0 Å². The van der Waals surface area contributed by atoms with Gasteiger partial charge < -0.3 is 19.7 Å². The van der Waals surface area contributed by atoms with Crippen molar-refractivity contribution < 1.29 is 14.3 Å². The quantitative estimate of drug-likeness (QED) is 0.758. The summed E-state index contributed by atoms with van der Waals surface area (Å²) in [6.07, 6.45) is 5.50. The largest absolute Gasteiger partial charge is 0.497 e. The molecule has 1 fully saturated rings. The maximum Gasteiger partial charge on any atom is 0.255 e. The molecular weight excluding hydrogens is 342 g/mol. The number of nitrogens with one attached hydrogen (secondary N) is 1. The molecule has 0 radical (unpaired) electrons. The van der Waals surface area contributed by atoms with E-state index in [4.69, 9.17) is 9.47 Å². The lowest BCUT2D eigenvalue weighted by Crippen LogP contribution is -2.37. The van der Waals surface area contributed by atoms with E-state index in [1.165, 1.54) is 0 Å². The van der Waals surface area contributed by atoms with Gasteiger partial charge in [-0.3, -0.25) is 9.78 Å². The molecule has 144 valence electrons. The van der Waals surface area contributed by atoms with Crippen LogP contribution in [0.1, 0.15) is 30.1 Å². The highest BCUT2D eigenvalue weighted by atomic mass is 16.5. The van der Waals surface area contributed by atoms with Crippen LogP contribution in [-0.4, -0.2) is 49.1 Å². The summed E-state index contributed by atoms with van der Waals surface area (Å²) in [4.78, 5) is 18.8. The Morgan fingerprint density at radius 3 is 2.59 bits per heavy atom. The van der Waals surface area contributed by atoms with Crippen LogP contribution in [0.5, 0.6) is 11.5 Å². The number of likely N-dealkylation sites (tertiary alicyclic amines) is 1. The summed E-state index contributed by atoms with van der Waals surface area (Å²) in [7, 11) is 1.64. The van der Waals surface area contributed by atoms with E-state index >= 15 is 0 Å². The second kappa shape index (κ2) is 9.26. The van der Waals surface area contributed by atoms with Crippen LogP contribution < -0.4 is 14.8 Å². The maximum absolute atomic E-state index is 12.6. The van der Waals surface area contributed by atoms with Crippen LogP contribution in [0.4, 0.5) is 5.69 Å². The fraction of sp³-hybridized carbons (Fsp3) is 0.429. The van der Waals surface area contributed by atoms with Gasteiger partial charge in [0.05, 0.1) is 18.4 Å². The van der Waals surface area contributed by atoms with Crippen molar-refractivity contribution in [3.63, 3.8) is 0 Å². The third-order valence-electron chi connectivity index (χ3n) is 4.82. The van der Waals surface area contributed by atoms with E-state index in [9.17, 15) is 4.79 Å². The topological polar surface area (TPSA) is 63.7 Å². The van der Waals surface area contributed by atoms with Gasteiger partial charge in [-0.25, -0.2) is 0 Å².